The second kappa shape index (κ2) is 4.99. The smallest absolute Gasteiger partial charge is 0.247 e. The molecule has 2 heteroatoms. The van der Waals surface area contributed by atoms with Crippen LogP contribution in [0.2, 0.25) is 0 Å². The number of rotatable bonds is 4. The quantitative estimate of drug-likeness (QED) is 0.536. The Kier molecular flexibility index (Phi) is 3.39. The van der Waals surface area contributed by atoms with Crippen LogP contribution in [-0.4, -0.2) is 40.5 Å². The van der Waals surface area contributed by atoms with Crippen molar-refractivity contribution in [3.63, 3.8) is 0 Å². The Hall–Kier alpha value is -0.530. The van der Waals surface area contributed by atoms with Gasteiger partial charge in [-0.25, -0.2) is 0 Å². The zero-order valence-corrected chi connectivity index (χ0v) is 11.3. The van der Waals surface area contributed by atoms with E-state index in [2.05, 4.69) is 16.4 Å². The predicted molar refractivity (Wildman–Crippen MR) is 71.6 cm³/mol. The Balaban J connectivity index is 1.71. The average molecular weight is 235 g/mol. The summed E-state index contributed by atoms with van der Waals surface area (Å²) in [5, 5.41) is 0. The van der Waals surface area contributed by atoms with E-state index in [4.69, 9.17) is 0 Å². The van der Waals surface area contributed by atoms with Crippen LogP contribution in [0.1, 0.15) is 64.7 Å². The molecule has 2 saturated heterocycles. The van der Waals surface area contributed by atoms with Crippen molar-refractivity contribution >= 4 is 5.84 Å². The highest BCUT2D eigenvalue weighted by Gasteiger charge is 2.44. The molecule has 2 fully saturated rings. The topological polar surface area (TPSA) is 6.25 Å². The molecule has 17 heavy (non-hydrogen) atoms. The lowest BCUT2D eigenvalue weighted by molar-refractivity contribution is -0.557. The first-order valence-corrected chi connectivity index (χ1v) is 7.79. The molecule has 3 aliphatic rings. The molecule has 2 nitrogen and oxygen atoms in total. The molecule has 3 heterocycles. The van der Waals surface area contributed by atoms with Gasteiger partial charge in [-0.15, -0.1) is 0 Å². The van der Waals surface area contributed by atoms with Crippen molar-refractivity contribution in [2.45, 2.75) is 76.8 Å². The number of amidine groups is 1. The van der Waals surface area contributed by atoms with E-state index < -0.39 is 0 Å². The van der Waals surface area contributed by atoms with Gasteiger partial charge in [-0.1, -0.05) is 19.8 Å². The lowest BCUT2D eigenvalue weighted by Crippen LogP contribution is -2.49. The number of hydrogen-bond acceptors (Lipinski definition) is 1. The van der Waals surface area contributed by atoms with E-state index in [0.29, 0.717) is 0 Å². The lowest BCUT2D eigenvalue weighted by Gasteiger charge is -2.32. The second-order valence-electron chi connectivity index (χ2n) is 6.09. The van der Waals surface area contributed by atoms with Gasteiger partial charge in [-0.2, -0.15) is 0 Å². The van der Waals surface area contributed by atoms with Crippen LogP contribution in [0.3, 0.4) is 0 Å². The summed E-state index contributed by atoms with van der Waals surface area (Å²) in [6, 6.07) is 1.80. The van der Waals surface area contributed by atoms with Gasteiger partial charge in [0.1, 0.15) is 0 Å². The van der Waals surface area contributed by atoms with Gasteiger partial charge in [0.15, 0.2) is 0 Å². The van der Waals surface area contributed by atoms with Gasteiger partial charge in [0.25, 0.3) is 0 Å². The summed E-state index contributed by atoms with van der Waals surface area (Å²) in [5.74, 6) is 1.72. The first kappa shape index (κ1) is 11.6. The number of unbranched alkanes of at least 4 members (excludes halogenated alkanes) is 2. The van der Waals surface area contributed by atoms with E-state index in [1.165, 1.54) is 70.9 Å². The third-order valence-corrected chi connectivity index (χ3v) is 4.97. The van der Waals surface area contributed by atoms with Crippen molar-refractivity contribution < 1.29 is 4.58 Å². The van der Waals surface area contributed by atoms with Crippen molar-refractivity contribution in [1.82, 2.24) is 4.90 Å². The number of hydrogen-bond donors (Lipinski definition) is 0. The SMILES string of the molecule is CCCCC[C@H]1C[C@H]2CCC[N+]2=C2CCCN21. The van der Waals surface area contributed by atoms with Gasteiger partial charge >= 0.3 is 0 Å². The van der Waals surface area contributed by atoms with Crippen molar-refractivity contribution in [3.05, 3.63) is 0 Å². The van der Waals surface area contributed by atoms with E-state index in [1.54, 1.807) is 5.84 Å². The maximum atomic E-state index is 2.78. The summed E-state index contributed by atoms with van der Waals surface area (Å²) in [6.45, 7) is 5.00. The minimum absolute atomic E-state index is 0.887. The molecule has 0 unspecified atom stereocenters. The highest BCUT2D eigenvalue weighted by Crippen LogP contribution is 2.31. The van der Waals surface area contributed by atoms with Gasteiger partial charge in [0.05, 0.1) is 31.6 Å². The van der Waals surface area contributed by atoms with Gasteiger partial charge in [0, 0.05) is 6.42 Å². The summed E-state index contributed by atoms with van der Waals surface area (Å²) in [6.07, 6.45) is 12.8. The fourth-order valence-corrected chi connectivity index (χ4v) is 4.15. The Morgan fingerprint density at radius 3 is 3.12 bits per heavy atom. The molecular weight excluding hydrogens is 208 g/mol. The monoisotopic (exact) mass is 235 g/mol. The molecule has 0 aromatic heterocycles. The van der Waals surface area contributed by atoms with Gasteiger partial charge in [-0.05, 0) is 32.1 Å². The van der Waals surface area contributed by atoms with Crippen LogP contribution in [0.15, 0.2) is 0 Å². The maximum Gasteiger partial charge on any atom is 0.247 e. The van der Waals surface area contributed by atoms with Gasteiger partial charge in [-0.3, -0.25) is 9.48 Å². The minimum Gasteiger partial charge on any atom is -0.263 e. The standard InChI is InChI=1S/C15H27N2/c1-2-3-4-7-13-12-14-8-5-10-16(14)15-9-6-11-17(13)15/h13-14H,2-12H2,1H3/q+1/t13-,14+/m0/s1. The Morgan fingerprint density at radius 1 is 1.29 bits per heavy atom. The van der Waals surface area contributed by atoms with Crippen molar-refractivity contribution in [1.29, 1.82) is 0 Å². The molecule has 0 N–H and O–H groups in total. The molecule has 0 spiro atoms. The van der Waals surface area contributed by atoms with Gasteiger partial charge in [0.2, 0.25) is 5.84 Å². The summed E-state index contributed by atoms with van der Waals surface area (Å²) in [5.41, 5.74) is 0. The zero-order valence-electron chi connectivity index (χ0n) is 11.3. The van der Waals surface area contributed by atoms with Crippen LogP contribution >= 0.6 is 0 Å². The molecule has 96 valence electrons. The van der Waals surface area contributed by atoms with Gasteiger partial charge < -0.3 is 0 Å². The molecule has 0 aliphatic carbocycles. The molecule has 3 rings (SSSR count). The van der Waals surface area contributed by atoms with Crippen molar-refractivity contribution in [2.75, 3.05) is 13.1 Å². The van der Waals surface area contributed by atoms with E-state index in [9.17, 15) is 0 Å². The summed E-state index contributed by atoms with van der Waals surface area (Å²) in [4.78, 5) is 2.78. The Morgan fingerprint density at radius 2 is 2.24 bits per heavy atom. The minimum atomic E-state index is 0.887. The molecule has 0 saturated carbocycles. The lowest BCUT2D eigenvalue weighted by atomic mass is 9.96. The molecule has 0 aromatic rings. The summed E-state index contributed by atoms with van der Waals surface area (Å²) >= 11 is 0. The number of fused-ring (bicyclic) bond motifs is 2. The fraction of sp³-hybridized carbons (Fsp3) is 0.933. The van der Waals surface area contributed by atoms with Crippen LogP contribution in [-0.2, 0) is 0 Å². The Bertz CT molecular complexity index is 308. The number of nitrogens with zero attached hydrogens (tertiary/aromatic N) is 2. The largest absolute Gasteiger partial charge is 0.263 e. The average Bonchev–Trinajstić information content (AvgIpc) is 2.96. The first-order valence-electron chi connectivity index (χ1n) is 7.79. The highest BCUT2D eigenvalue weighted by atomic mass is 15.3. The van der Waals surface area contributed by atoms with E-state index in [-0.39, 0.29) is 0 Å². The molecule has 2 atom stereocenters. The van der Waals surface area contributed by atoms with Crippen LogP contribution < -0.4 is 0 Å². The summed E-state index contributed by atoms with van der Waals surface area (Å²) < 4.78 is 2.75. The second-order valence-corrected chi connectivity index (χ2v) is 6.09. The van der Waals surface area contributed by atoms with Crippen molar-refractivity contribution in [3.8, 4) is 0 Å². The van der Waals surface area contributed by atoms with E-state index in [1.807, 2.05) is 0 Å². The van der Waals surface area contributed by atoms with Crippen molar-refractivity contribution in [2.24, 2.45) is 0 Å². The predicted octanol–water partition coefficient (Wildman–Crippen LogP) is 3.01. The zero-order chi connectivity index (χ0) is 11.7. The molecule has 0 aromatic carbocycles. The molecule has 0 radical (unpaired) electrons. The molecule has 3 aliphatic heterocycles. The molecule has 0 bridgehead atoms. The van der Waals surface area contributed by atoms with Crippen LogP contribution in [0.25, 0.3) is 0 Å². The molecular formula is C15H27N2+. The van der Waals surface area contributed by atoms with Crippen LogP contribution in [0, 0.1) is 0 Å². The fourth-order valence-electron chi connectivity index (χ4n) is 4.15. The summed E-state index contributed by atoms with van der Waals surface area (Å²) in [7, 11) is 0. The first-order chi connectivity index (χ1) is 8.40. The third kappa shape index (κ3) is 2.11. The van der Waals surface area contributed by atoms with E-state index >= 15 is 0 Å². The third-order valence-electron chi connectivity index (χ3n) is 4.97. The van der Waals surface area contributed by atoms with Crippen LogP contribution in [0.5, 0.6) is 0 Å². The van der Waals surface area contributed by atoms with E-state index in [0.717, 1.165) is 12.1 Å². The molecule has 0 amide bonds. The highest BCUT2D eigenvalue weighted by molar-refractivity contribution is 5.80. The Labute approximate surface area is 106 Å². The maximum absolute atomic E-state index is 2.78. The normalized spacial score (nSPS) is 31.9. The van der Waals surface area contributed by atoms with Crippen LogP contribution in [0.4, 0.5) is 0 Å².